The number of rotatable bonds is 3. The lowest BCUT2D eigenvalue weighted by Gasteiger charge is -2.24. The first-order valence-corrected chi connectivity index (χ1v) is 5.19. The van der Waals surface area contributed by atoms with Crippen LogP contribution >= 0.6 is 0 Å². The van der Waals surface area contributed by atoms with Gasteiger partial charge in [0.05, 0.1) is 0 Å². The second-order valence-corrected chi connectivity index (χ2v) is 4.13. The molecule has 67 valence electrons. The number of hydrogen-bond acceptors (Lipinski definition) is 1. The van der Waals surface area contributed by atoms with Gasteiger partial charge < -0.3 is 4.90 Å². The van der Waals surface area contributed by atoms with Gasteiger partial charge in [-0.3, -0.25) is 0 Å². The van der Waals surface area contributed by atoms with Crippen molar-refractivity contribution in [2.75, 3.05) is 4.90 Å². The highest BCUT2D eigenvalue weighted by Crippen LogP contribution is 2.40. The van der Waals surface area contributed by atoms with Crippen LogP contribution in [0.5, 0.6) is 0 Å². The second kappa shape index (κ2) is 2.76. The molecule has 2 aliphatic rings. The van der Waals surface area contributed by atoms with Crippen LogP contribution in [-0.4, -0.2) is 12.1 Å². The van der Waals surface area contributed by atoms with Crippen LogP contribution in [0.4, 0.5) is 5.69 Å². The third-order valence-electron chi connectivity index (χ3n) is 2.88. The molecule has 1 nitrogen and oxygen atoms in total. The van der Waals surface area contributed by atoms with Crippen LogP contribution in [0.1, 0.15) is 25.7 Å². The lowest BCUT2D eigenvalue weighted by Crippen LogP contribution is -2.27. The van der Waals surface area contributed by atoms with Gasteiger partial charge >= 0.3 is 0 Å². The maximum Gasteiger partial charge on any atom is 0.0371 e. The van der Waals surface area contributed by atoms with Crippen LogP contribution in [0, 0.1) is 6.07 Å². The minimum absolute atomic E-state index is 0.856. The summed E-state index contributed by atoms with van der Waals surface area (Å²) < 4.78 is 0. The summed E-state index contributed by atoms with van der Waals surface area (Å²) in [6, 6.07) is 13.2. The third-order valence-corrected chi connectivity index (χ3v) is 2.88. The molecule has 1 aromatic rings. The van der Waals surface area contributed by atoms with Gasteiger partial charge in [-0.25, -0.2) is 0 Å². The Bertz CT molecular complexity index is 273. The molecule has 3 rings (SSSR count). The van der Waals surface area contributed by atoms with E-state index >= 15 is 0 Å². The predicted octanol–water partition coefficient (Wildman–Crippen LogP) is 2.62. The van der Waals surface area contributed by atoms with E-state index in [9.17, 15) is 0 Å². The Balaban J connectivity index is 1.87. The van der Waals surface area contributed by atoms with E-state index in [4.69, 9.17) is 0 Å². The topological polar surface area (TPSA) is 3.24 Å². The number of anilines is 1. The van der Waals surface area contributed by atoms with E-state index in [1.807, 2.05) is 12.1 Å². The maximum atomic E-state index is 3.08. The van der Waals surface area contributed by atoms with E-state index in [0.29, 0.717) is 0 Å². The van der Waals surface area contributed by atoms with Crippen LogP contribution in [0.3, 0.4) is 0 Å². The first-order valence-electron chi connectivity index (χ1n) is 5.19. The van der Waals surface area contributed by atoms with Gasteiger partial charge in [0.25, 0.3) is 0 Å². The summed E-state index contributed by atoms with van der Waals surface area (Å²) in [7, 11) is 0. The van der Waals surface area contributed by atoms with Gasteiger partial charge in [-0.1, -0.05) is 12.1 Å². The highest BCUT2D eigenvalue weighted by atomic mass is 15.2. The van der Waals surface area contributed by atoms with E-state index in [1.165, 1.54) is 31.4 Å². The van der Waals surface area contributed by atoms with Gasteiger partial charge in [0.2, 0.25) is 0 Å². The fourth-order valence-electron chi connectivity index (χ4n) is 1.98. The molecule has 0 aromatic heterocycles. The molecule has 0 spiro atoms. The molecule has 1 heteroatoms. The van der Waals surface area contributed by atoms with Crippen molar-refractivity contribution < 1.29 is 0 Å². The minimum atomic E-state index is 0.856. The first kappa shape index (κ1) is 7.43. The fourth-order valence-corrected chi connectivity index (χ4v) is 1.98. The van der Waals surface area contributed by atoms with Crippen LogP contribution in [0.2, 0.25) is 0 Å². The Kier molecular flexibility index (Phi) is 1.58. The van der Waals surface area contributed by atoms with Gasteiger partial charge in [-0.2, -0.15) is 0 Å². The molecule has 13 heavy (non-hydrogen) atoms. The van der Waals surface area contributed by atoms with Crippen molar-refractivity contribution in [3.8, 4) is 0 Å². The van der Waals surface area contributed by atoms with Crippen molar-refractivity contribution in [1.82, 2.24) is 0 Å². The van der Waals surface area contributed by atoms with E-state index in [0.717, 1.165) is 12.1 Å². The molecular formula is C12H14N. The highest BCUT2D eigenvalue weighted by molar-refractivity contribution is 5.50. The summed E-state index contributed by atoms with van der Waals surface area (Å²) in [6.45, 7) is 0. The molecule has 1 radical (unpaired) electrons. The molecule has 0 unspecified atom stereocenters. The number of benzene rings is 1. The molecule has 2 aliphatic carbocycles. The van der Waals surface area contributed by atoms with Gasteiger partial charge in [0, 0.05) is 17.8 Å². The average Bonchev–Trinajstić information content (AvgIpc) is 3.00. The monoisotopic (exact) mass is 172 g/mol. The van der Waals surface area contributed by atoms with Gasteiger partial charge in [0.15, 0.2) is 0 Å². The Morgan fingerprint density at radius 3 is 2.00 bits per heavy atom. The molecule has 0 bridgehead atoms. The Hall–Kier alpha value is -0.980. The molecule has 0 saturated heterocycles. The van der Waals surface area contributed by atoms with Crippen molar-refractivity contribution in [3.05, 3.63) is 30.3 Å². The van der Waals surface area contributed by atoms with Gasteiger partial charge in [-0.15, -0.1) is 0 Å². The molecule has 2 saturated carbocycles. The number of hydrogen-bond donors (Lipinski definition) is 0. The van der Waals surface area contributed by atoms with Crippen LogP contribution in [0.25, 0.3) is 0 Å². The van der Waals surface area contributed by atoms with Crippen molar-refractivity contribution >= 4 is 5.69 Å². The molecular weight excluding hydrogens is 158 g/mol. The zero-order valence-corrected chi connectivity index (χ0v) is 7.74. The summed E-state index contributed by atoms with van der Waals surface area (Å²) >= 11 is 0. The summed E-state index contributed by atoms with van der Waals surface area (Å²) in [5.74, 6) is 0. The number of nitrogens with zero attached hydrogens (tertiary/aromatic N) is 1. The first-order chi connectivity index (χ1) is 6.45. The molecule has 1 aromatic carbocycles. The smallest absolute Gasteiger partial charge is 0.0371 e. The molecule has 0 atom stereocenters. The summed E-state index contributed by atoms with van der Waals surface area (Å²) in [5, 5.41) is 0. The third kappa shape index (κ3) is 1.43. The Labute approximate surface area is 79.4 Å². The molecule has 0 N–H and O–H groups in total. The van der Waals surface area contributed by atoms with E-state index < -0.39 is 0 Å². The van der Waals surface area contributed by atoms with Crippen molar-refractivity contribution in [2.45, 2.75) is 37.8 Å². The highest BCUT2D eigenvalue weighted by Gasteiger charge is 2.38. The molecule has 2 fully saturated rings. The zero-order chi connectivity index (χ0) is 8.67. The lowest BCUT2D eigenvalue weighted by atomic mass is 10.3. The zero-order valence-electron chi connectivity index (χ0n) is 7.74. The van der Waals surface area contributed by atoms with Gasteiger partial charge in [-0.05, 0) is 43.9 Å². The lowest BCUT2D eigenvalue weighted by molar-refractivity contribution is 0.789. The Morgan fingerprint density at radius 2 is 1.54 bits per heavy atom. The van der Waals surface area contributed by atoms with Crippen molar-refractivity contribution in [3.63, 3.8) is 0 Å². The van der Waals surface area contributed by atoms with Gasteiger partial charge in [0.1, 0.15) is 0 Å². The van der Waals surface area contributed by atoms with E-state index in [-0.39, 0.29) is 0 Å². The van der Waals surface area contributed by atoms with Crippen LogP contribution in [-0.2, 0) is 0 Å². The molecule has 0 aliphatic heterocycles. The van der Waals surface area contributed by atoms with Crippen molar-refractivity contribution in [2.24, 2.45) is 0 Å². The van der Waals surface area contributed by atoms with Crippen molar-refractivity contribution in [1.29, 1.82) is 0 Å². The predicted molar refractivity (Wildman–Crippen MR) is 53.8 cm³/mol. The average molecular weight is 172 g/mol. The summed E-state index contributed by atoms with van der Waals surface area (Å²) in [4.78, 5) is 2.62. The molecule has 0 amide bonds. The minimum Gasteiger partial charge on any atom is -0.366 e. The van der Waals surface area contributed by atoms with Crippen LogP contribution in [0.15, 0.2) is 24.3 Å². The largest absolute Gasteiger partial charge is 0.366 e. The molecule has 0 heterocycles. The van der Waals surface area contributed by atoms with E-state index in [2.05, 4.69) is 23.1 Å². The fraction of sp³-hybridized carbons (Fsp3) is 0.500. The SMILES string of the molecule is [c]1ccc(N(C2CC2)C2CC2)cc1. The van der Waals surface area contributed by atoms with Crippen LogP contribution < -0.4 is 4.90 Å². The maximum absolute atomic E-state index is 3.08. The summed E-state index contributed by atoms with van der Waals surface area (Å²) in [6.07, 6.45) is 5.59. The standard InChI is InChI=1S/C12H14N/c1-2-4-10(5-3-1)13(11-6-7-11)12-8-9-12/h2-5,11-12H,6-9H2. The summed E-state index contributed by atoms with van der Waals surface area (Å²) in [5.41, 5.74) is 1.41. The quantitative estimate of drug-likeness (QED) is 0.677. The van der Waals surface area contributed by atoms with E-state index in [1.54, 1.807) is 0 Å². The normalized spacial score (nSPS) is 21.5. The second-order valence-electron chi connectivity index (χ2n) is 4.13. The Morgan fingerprint density at radius 1 is 1.00 bits per heavy atom.